The summed E-state index contributed by atoms with van der Waals surface area (Å²) in [6.07, 6.45) is 1.08. The maximum absolute atomic E-state index is 11.5. The summed E-state index contributed by atoms with van der Waals surface area (Å²) in [4.78, 5) is 22.0. The van der Waals surface area contributed by atoms with Gasteiger partial charge in [-0.2, -0.15) is 0 Å². The Bertz CT molecular complexity index is 458. The molecule has 2 rings (SSSR count). The van der Waals surface area contributed by atoms with Gasteiger partial charge in [0.1, 0.15) is 12.2 Å². The number of para-hydroxylation sites is 1. The van der Waals surface area contributed by atoms with Gasteiger partial charge < -0.3 is 15.2 Å². The van der Waals surface area contributed by atoms with Crippen LogP contribution >= 0.6 is 0 Å². The first kappa shape index (κ1) is 12.4. The summed E-state index contributed by atoms with van der Waals surface area (Å²) < 4.78 is 5.57. The summed E-state index contributed by atoms with van der Waals surface area (Å²) in [5, 5.41) is 11.3. The van der Waals surface area contributed by atoms with Crippen LogP contribution in [0.4, 0.5) is 0 Å². The van der Waals surface area contributed by atoms with Crippen molar-refractivity contribution in [1.82, 2.24) is 5.32 Å². The predicted octanol–water partition coefficient (Wildman–Crippen LogP) is 1.49. The molecule has 0 aromatic heterocycles. The van der Waals surface area contributed by atoms with Crippen LogP contribution in [0.15, 0.2) is 24.3 Å². The van der Waals surface area contributed by atoms with Crippen LogP contribution in [-0.2, 0) is 9.59 Å². The average molecular weight is 249 g/mol. The third-order valence-electron chi connectivity index (χ3n) is 2.84. The number of ether oxygens (including phenoxy) is 1. The van der Waals surface area contributed by atoms with E-state index in [-0.39, 0.29) is 6.04 Å². The van der Waals surface area contributed by atoms with Crippen LogP contribution in [0.25, 0.3) is 0 Å². The van der Waals surface area contributed by atoms with E-state index < -0.39 is 18.3 Å². The van der Waals surface area contributed by atoms with E-state index in [0.717, 1.165) is 24.2 Å². The molecule has 1 amide bonds. The zero-order valence-corrected chi connectivity index (χ0v) is 9.89. The first-order valence-electron chi connectivity index (χ1n) is 5.89. The molecule has 18 heavy (non-hydrogen) atoms. The van der Waals surface area contributed by atoms with Gasteiger partial charge in [0.15, 0.2) is 0 Å². The van der Waals surface area contributed by atoms with Gasteiger partial charge in [-0.1, -0.05) is 18.2 Å². The zero-order chi connectivity index (χ0) is 13.0. The summed E-state index contributed by atoms with van der Waals surface area (Å²) in [6.45, 7) is 0.613. The fourth-order valence-electron chi connectivity index (χ4n) is 2.06. The molecule has 1 aliphatic rings. The second-order valence-electron chi connectivity index (χ2n) is 4.22. The molecule has 0 saturated carbocycles. The van der Waals surface area contributed by atoms with E-state index in [1.165, 1.54) is 0 Å². The molecule has 2 N–H and O–H groups in total. The molecular weight excluding hydrogens is 234 g/mol. The van der Waals surface area contributed by atoms with Crippen molar-refractivity contribution in [3.8, 4) is 5.75 Å². The van der Waals surface area contributed by atoms with E-state index in [0.29, 0.717) is 6.61 Å². The molecule has 1 unspecified atom stereocenters. The number of carboxylic acids is 1. The van der Waals surface area contributed by atoms with E-state index >= 15 is 0 Å². The zero-order valence-electron chi connectivity index (χ0n) is 9.89. The van der Waals surface area contributed by atoms with Crippen molar-refractivity contribution >= 4 is 11.9 Å². The number of carboxylic acid groups (broad SMARTS) is 1. The third-order valence-corrected chi connectivity index (χ3v) is 2.84. The Kier molecular flexibility index (Phi) is 3.82. The molecule has 1 atom stereocenters. The van der Waals surface area contributed by atoms with Crippen LogP contribution < -0.4 is 10.1 Å². The Morgan fingerprint density at radius 2 is 2.17 bits per heavy atom. The molecule has 0 bridgehead atoms. The van der Waals surface area contributed by atoms with Crippen molar-refractivity contribution < 1.29 is 19.4 Å². The highest BCUT2D eigenvalue weighted by Gasteiger charge is 2.21. The van der Waals surface area contributed by atoms with Crippen molar-refractivity contribution in [1.29, 1.82) is 0 Å². The molecule has 0 spiro atoms. The average Bonchev–Trinajstić information content (AvgIpc) is 2.51. The van der Waals surface area contributed by atoms with Gasteiger partial charge in [-0.25, -0.2) is 0 Å². The quantitative estimate of drug-likeness (QED) is 0.796. The molecule has 1 aromatic rings. The first-order chi connectivity index (χ1) is 8.66. The first-order valence-corrected chi connectivity index (χ1v) is 5.89. The Labute approximate surface area is 105 Å². The highest BCUT2D eigenvalue weighted by Crippen LogP contribution is 2.31. The Hall–Kier alpha value is -2.04. The summed E-state index contributed by atoms with van der Waals surface area (Å²) in [6, 6.07) is 7.34. The van der Waals surface area contributed by atoms with Crippen LogP contribution in [-0.4, -0.2) is 23.6 Å². The highest BCUT2D eigenvalue weighted by molar-refractivity contribution is 5.93. The predicted molar refractivity (Wildman–Crippen MR) is 64.3 cm³/mol. The van der Waals surface area contributed by atoms with Gasteiger partial charge in [0.25, 0.3) is 0 Å². The molecule has 96 valence electrons. The van der Waals surface area contributed by atoms with Gasteiger partial charge in [0, 0.05) is 5.56 Å². The topological polar surface area (TPSA) is 75.6 Å². The molecule has 0 fully saturated rings. The van der Waals surface area contributed by atoms with Gasteiger partial charge in [-0.3, -0.25) is 9.59 Å². The molecule has 0 aliphatic carbocycles. The Morgan fingerprint density at radius 3 is 2.94 bits per heavy atom. The lowest BCUT2D eigenvalue weighted by atomic mass is 10.0. The van der Waals surface area contributed by atoms with Gasteiger partial charge in [0.05, 0.1) is 12.6 Å². The summed E-state index contributed by atoms with van der Waals surface area (Å²) >= 11 is 0. The minimum atomic E-state index is -1.12. The second-order valence-corrected chi connectivity index (χ2v) is 4.22. The Morgan fingerprint density at radius 1 is 1.39 bits per heavy atom. The number of carbonyl (C=O) groups is 2. The van der Waals surface area contributed by atoms with Crippen LogP contribution in [0.3, 0.4) is 0 Å². The van der Waals surface area contributed by atoms with Crippen LogP contribution in [0.1, 0.15) is 30.9 Å². The van der Waals surface area contributed by atoms with Crippen molar-refractivity contribution in [3.63, 3.8) is 0 Å². The molecule has 1 heterocycles. The van der Waals surface area contributed by atoms with E-state index in [2.05, 4.69) is 5.32 Å². The Balaban J connectivity index is 2.13. The lowest BCUT2D eigenvalue weighted by Crippen LogP contribution is -2.29. The second kappa shape index (κ2) is 5.53. The molecule has 5 heteroatoms. The number of rotatable bonds is 3. The smallest absolute Gasteiger partial charge is 0.312 e. The molecule has 0 radical (unpaired) electrons. The summed E-state index contributed by atoms with van der Waals surface area (Å²) in [7, 11) is 0. The summed E-state index contributed by atoms with van der Waals surface area (Å²) in [5.74, 6) is -0.828. The maximum Gasteiger partial charge on any atom is 0.312 e. The number of hydrogen-bond donors (Lipinski definition) is 2. The third kappa shape index (κ3) is 3.00. The van der Waals surface area contributed by atoms with E-state index in [1.54, 1.807) is 0 Å². The lowest BCUT2D eigenvalue weighted by molar-refractivity contribution is -0.140. The van der Waals surface area contributed by atoms with Crippen LogP contribution in [0.5, 0.6) is 5.75 Å². The number of benzene rings is 1. The number of nitrogens with one attached hydrogen (secondary N) is 1. The number of carbonyl (C=O) groups excluding carboxylic acids is 1. The van der Waals surface area contributed by atoms with Crippen molar-refractivity contribution in [2.75, 3.05) is 6.61 Å². The lowest BCUT2D eigenvalue weighted by Gasteiger charge is -2.17. The van der Waals surface area contributed by atoms with Crippen LogP contribution in [0.2, 0.25) is 0 Å². The van der Waals surface area contributed by atoms with Crippen LogP contribution in [0, 0.1) is 0 Å². The van der Waals surface area contributed by atoms with Gasteiger partial charge in [-0.15, -0.1) is 0 Å². The van der Waals surface area contributed by atoms with Gasteiger partial charge in [0.2, 0.25) is 5.91 Å². The molecule has 5 nitrogen and oxygen atoms in total. The fourth-order valence-corrected chi connectivity index (χ4v) is 2.06. The summed E-state index contributed by atoms with van der Waals surface area (Å²) in [5.41, 5.74) is 0.911. The fraction of sp³-hybridized carbons (Fsp3) is 0.385. The minimum absolute atomic E-state index is 0.171. The molecule has 1 aromatic carbocycles. The van der Waals surface area contributed by atoms with E-state index in [1.807, 2.05) is 24.3 Å². The number of hydrogen-bond acceptors (Lipinski definition) is 3. The monoisotopic (exact) mass is 249 g/mol. The minimum Gasteiger partial charge on any atom is -0.493 e. The van der Waals surface area contributed by atoms with E-state index in [4.69, 9.17) is 9.84 Å². The molecule has 1 aliphatic heterocycles. The largest absolute Gasteiger partial charge is 0.493 e. The van der Waals surface area contributed by atoms with Gasteiger partial charge in [-0.05, 0) is 18.9 Å². The highest BCUT2D eigenvalue weighted by atomic mass is 16.5. The van der Waals surface area contributed by atoms with Crippen molar-refractivity contribution in [3.05, 3.63) is 29.8 Å². The maximum atomic E-state index is 11.5. The molecular formula is C13H15NO4. The standard InChI is InChI=1S/C13H15NO4/c15-12(8-13(16)17)14-10-5-3-7-18-11-6-2-1-4-9(10)11/h1-2,4,6,10H,3,5,7-8H2,(H,14,15)(H,16,17). The van der Waals surface area contributed by atoms with Gasteiger partial charge >= 0.3 is 5.97 Å². The number of amides is 1. The molecule has 0 saturated heterocycles. The number of aliphatic carboxylic acids is 1. The number of fused-ring (bicyclic) bond motifs is 1. The van der Waals surface area contributed by atoms with Crippen molar-refractivity contribution in [2.24, 2.45) is 0 Å². The van der Waals surface area contributed by atoms with Crippen molar-refractivity contribution in [2.45, 2.75) is 25.3 Å². The van der Waals surface area contributed by atoms with E-state index in [9.17, 15) is 9.59 Å². The normalized spacial score (nSPS) is 18.1. The SMILES string of the molecule is O=C(O)CC(=O)NC1CCCOc2ccccc21.